The summed E-state index contributed by atoms with van der Waals surface area (Å²) in [6, 6.07) is 24.5. The van der Waals surface area contributed by atoms with Gasteiger partial charge in [-0.1, -0.05) is 100 Å². The lowest BCUT2D eigenvalue weighted by Crippen LogP contribution is -2.28. The summed E-state index contributed by atoms with van der Waals surface area (Å²) >= 11 is 0. The average molecular weight is 496 g/mol. The van der Waals surface area contributed by atoms with Gasteiger partial charge >= 0.3 is 0 Å². The molecule has 1 aliphatic carbocycles. The Balaban J connectivity index is 1.73. The molecule has 4 aromatic rings. The second kappa shape index (κ2) is 10.4. The molecule has 0 atom stereocenters. The lowest BCUT2D eigenvalue weighted by Gasteiger charge is -2.32. The number of benzene rings is 3. The first kappa shape index (κ1) is 25.7. The van der Waals surface area contributed by atoms with E-state index in [1.165, 1.54) is 44.3 Å². The van der Waals surface area contributed by atoms with Gasteiger partial charge in [-0.2, -0.15) is 0 Å². The smallest absolute Gasteiger partial charge is 0.0841 e. The van der Waals surface area contributed by atoms with Gasteiger partial charge in [-0.05, 0) is 77.3 Å². The summed E-state index contributed by atoms with van der Waals surface area (Å²) in [4.78, 5) is 0. The van der Waals surface area contributed by atoms with Crippen LogP contribution in [0.5, 0.6) is 0 Å². The molecule has 3 aromatic carbocycles. The lowest BCUT2D eigenvalue weighted by atomic mass is 9.70. The van der Waals surface area contributed by atoms with Gasteiger partial charge in [-0.25, -0.2) is 0 Å². The van der Waals surface area contributed by atoms with Gasteiger partial charge in [0.2, 0.25) is 0 Å². The summed E-state index contributed by atoms with van der Waals surface area (Å²) in [5.74, 6) is 3.85. The third-order valence-electron chi connectivity index (χ3n) is 7.91. The van der Waals surface area contributed by atoms with Gasteiger partial charge in [0.1, 0.15) is 0 Å². The van der Waals surface area contributed by atoms with Gasteiger partial charge in [0.25, 0.3) is 0 Å². The van der Waals surface area contributed by atoms with Crippen LogP contribution in [-0.2, 0) is 18.4 Å². The minimum absolute atomic E-state index is 0.230. The zero-order valence-electron chi connectivity index (χ0n) is 23.3. The fourth-order valence-electron chi connectivity index (χ4n) is 6.29. The molecule has 0 saturated carbocycles. The monoisotopic (exact) mass is 495 g/mol. The number of allylic oxidation sites excluding steroid dienone is 2. The zero-order valence-corrected chi connectivity index (χ0v) is 23.3. The normalized spacial score (nSPS) is 13.5. The fourth-order valence-corrected chi connectivity index (χ4v) is 6.29. The second-order valence-electron chi connectivity index (χ2n) is 11.1. The first-order valence-corrected chi connectivity index (χ1v) is 13.8. The van der Waals surface area contributed by atoms with E-state index in [4.69, 9.17) is 6.42 Å². The van der Waals surface area contributed by atoms with Crippen molar-refractivity contribution in [3.63, 3.8) is 0 Å². The number of terminal acetylenes is 1. The number of nitrogens with zero attached hydrogens (tertiary/aromatic N) is 1. The Bertz CT molecular complexity index is 1580. The Kier molecular flexibility index (Phi) is 7.03. The zero-order chi connectivity index (χ0) is 26.9. The molecule has 0 bridgehead atoms. The number of aromatic nitrogens is 1. The summed E-state index contributed by atoms with van der Waals surface area (Å²) in [6.45, 7) is 11.8. The number of hydrogen-bond donors (Lipinski definition) is 0. The molecule has 0 fully saturated rings. The summed E-state index contributed by atoms with van der Waals surface area (Å²) < 4.78 is 2.27. The summed E-state index contributed by atoms with van der Waals surface area (Å²) in [6.07, 6.45) is 15.6. The molecule has 0 spiro atoms. The van der Waals surface area contributed by atoms with E-state index in [-0.39, 0.29) is 5.41 Å². The molecule has 38 heavy (non-hydrogen) atoms. The first-order valence-electron chi connectivity index (χ1n) is 13.8. The van der Waals surface area contributed by atoms with Gasteiger partial charge in [-0.15, -0.1) is 12.2 Å². The largest absolute Gasteiger partial charge is 0.329 e. The fraction of sp³-hybridized carbons (Fsp3) is 0.270. The molecule has 0 unspecified atom stereocenters. The minimum Gasteiger partial charge on any atom is -0.329 e. The molecule has 1 heterocycles. The average Bonchev–Trinajstić information content (AvgIpc) is 3.35. The summed E-state index contributed by atoms with van der Waals surface area (Å²) in [7, 11) is 0. The second-order valence-corrected chi connectivity index (χ2v) is 11.1. The highest BCUT2D eigenvalue weighted by Gasteiger charge is 2.43. The van der Waals surface area contributed by atoms with Crippen LogP contribution >= 0.6 is 0 Å². The molecule has 0 saturated heterocycles. The molecule has 0 radical (unpaired) electrons. The van der Waals surface area contributed by atoms with Gasteiger partial charge < -0.3 is 4.57 Å². The van der Waals surface area contributed by atoms with Crippen LogP contribution in [0, 0.1) is 24.2 Å². The van der Waals surface area contributed by atoms with Crippen molar-refractivity contribution in [2.24, 2.45) is 11.8 Å². The highest BCUT2D eigenvalue weighted by molar-refractivity contribution is 5.94. The van der Waals surface area contributed by atoms with E-state index in [9.17, 15) is 0 Å². The van der Waals surface area contributed by atoms with Crippen LogP contribution in [0.4, 0.5) is 0 Å². The van der Waals surface area contributed by atoms with Crippen LogP contribution in [0.1, 0.15) is 62.6 Å². The first-order chi connectivity index (χ1) is 18.4. The molecule has 1 heteroatoms. The molecule has 1 aromatic heterocycles. The predicted molar refractivity (Wildman–Crippen MR) is 164 cm³/mol. The Morgan fingerprint density at radius 2 is 1.58 bits per heavy atom. The van der Waals surface area contributed by atoms with Crippen molar-refractivity contribution in [3.8, 4) is 23.5 Å². The van der Waals surface area contributed by atoms with Crippen molar-refractivity contribution in [1.82, 2.24) is 4.57 Å². The van der Waals surface area contributed by atoms with E-state index >= 15 is 0 Å². The van der Waals surface area contributed by atoms with Crippen molar-refractivity contribution in [1.29, 1.82) is 0 Å². The van der Waals surface area contributed by atoms with Crippen molar-refractivity contribution in [2.75, 3.05) is 0 Å². The lowest BCUT2D eigenvalue weighted by molar-refractivity contribution is 0.463. The Hall–Kier alpha value is -3.98. The van der Waals surface area contributed by atoms with Crippen LogP contribution in [0.2, 0.25) is 0 Å². The van der Waals surface area contributed by atoms with Crippen molar-refractivity contribution in [3.05, 3.63) is 113 Å². The van der Waals surface area contributed by atoms with E-state index in [1.54, 1.807) is 0 Å². The summed E-state index contributed by atoms with van der Waals surface area (Å²) in [5, 5.41) is 1.22. The number of hydrogen-bond acceptors (Lipinski definition) is 0. The number of rotatable bonds is 7. The quantitative estimate of drug-likeness (QED) is 0.178. The van der Waals surface area contributed by atoms with Crippen LogP contribution in [0.25, 0.3) is 34.2 Å². The Labute approximate surface area is 228 Å². The molecular formula is C37H37N. The number of fused-ring (bicyclic) bond motifs is 4. The van der Waals surface area contributed by atoms with Crippen molar-refractivity contribution >= 4 is 23.1 Å². The topological polar surface area (TPSA) is 4.93 Å². The van der Waals surface area contributed by atoms with Gasteiger partial charge in [0, 0.05) is 16.4 Å². The van der Waals surface area contributed by atoms with E-state index < -0.39 is 0 Å². The van der Waals surface area contributed by atoms with Gasteiger partial charge in [0.15, 0.2) is 0 Å². The molecule has 1 nitrogen and oxygen atoms in total. The van der Waals surface area contributed by atoms with E-state index in [0.29, 0.717) is 18.4 Å². The standard InChI is InChI=1S/C37H37N/c1-7-14-35-31(32-21-20-28(24-26(3)4)25-36(32)38(35)23-8-2)17-13-22-37(27(5)6)33-18-11-9-15-29(33)30-16-10-12-19-34(30)37/h2,7,9-12,14-22,25-27H,23-24H2,1,3-6H3/b14-7-. The SMILES string of the molecule is C#CCn1c(/C=C\C)c(C=C=CC2(C(C)C)c3ccccc3-c3ccccc32)c2ccc(CC(C)C)cc21. The Morgan fingerprint density at radius 3 is 2.16 bits per heavy atom. The van der Waals surface area contributed by atoms with Crippen molar-refractivity contribution < 1.29 is 0 Å². The molecule has 5 rings (SSSR count). The third-order valence-corrected chi connectivity index (χ3v) is 7.91. The highest BCUT2D eigenvalue weighted by atomic mass is 15.0. The molecular weight excluding hydrogens is 458 g/mol. The van der Waals surface area contributed by atoms with Crippen LogP contribution in [0.3, 0.4) is 0 Å². The van der Waals surface area contributed by atoms with Gasteiger partial charge in [-0.3, -0.25) is 0 Å². The third kappa shape index (κ3) is 4.16. The summed E-state index contributed by atoms with van der Waals surface area (Å²) in [5.41, 5.74) is 13.7. The molecule has 0 amide bonds. The van der Waals surface area contributed by atoms with Crippen LogP contribution < -0.4 is 0 Å². The highest BCUT2D eigenvalue weighted by Crippen LogP contribution is 2.53. The predicted octanol–water partition coefficient (Wildman–Crippen LogP) is 9.30. The van der Waals surface area contributed by atoms with E-state index in [1.807, 2.05) is 0 Å². The van der Waals surface area contributed by atoms with Crippen LogP contribution in [0.15, 0.2) is 84.6 Å². The Morgan fingerprint density at radius 1 is 0.921 bits per heavy atom. The minimum atomic E-state index is -0.230. The van der Waals surface area contributed by atoms with E-state index in [0.717, 1.165) is 12.1 Å². The maximum absolute atomic E-state index is 5.84. The van der Waals surface area contributed by atoms with Gasteiger partial charge in [0.05, 0.1) is 17.8 Å². The van der Waals surface area contributed by atoms with Crippen LogP contribution in [-0.4, -0.2) is 4.57 Å². The molecule has 190 valence electrons. The maximum atomic E-state index is 5.84. The molecule has 0 aliphatic heterocycles. The van der Waals surface area contributed by atoms with E-state index in [2.05, 4.69) is 142 Å². The molecule has 0 N–H and O–H groups in total. The maximum Gasteiger partial charge on any atom is 0.0841 e. The van der Waals surface area contributed by atoms with Crippen molar-refractivity contribution in [2.45, 2.75) is 53.0 Å². The molecule has 1 aliphatic rings.